The molecule has 102 valence electrons. The fourth-order valence-corrected chi connectivity index (χ4v) is 2.55. The highest BCUT2D eigenvalue weighted by Crippen LogP contribution is 2.25. The van der Waals surface area contributed by atoms with Crippen molar-refractivity contribution in [3.8, 4) is 5.75 Å². The van der Waals surface area contributed by atoms with E-state index in [2.05, 4.69) is 4.98 Å². The van der Waals surface area contributed by atoms with Crippen LogP contribution in [0.25, 0.3) is 0 Å². The van der Waals surface area contributed by atoms with Gasteiger partial charge in [-0.25, -0.2) is 0 Å². The van der Waals surface area contributed by atoms with Crippen molar-refractivity contribution in [1.82, 2.24) is 4.98 Å². The molecule has 3 nitrogen and oxygen atoms in total. The molecule has 0 amide bonds. The van der Waals surface area contributed by atoms with E-state index < -0.39 is 0 Å². The maximum atomic E-state index is 11.7. The van der Waals surface area contributed by atoms with Crippen LogP contribution in [-0.4, -0.2) is 17.4 Å². The Morgan fingerprint density at radius 3 is 2.80 bits per heavy atom. The molecular weight excluding hydrogens is 250 g/mol. The van der Waals surface area contributed by atoms with Crippen LogP contribution in [0.5, 0.6) is 5.75 Å². The lowest BCUT2D eigenvalue weighted by Crippen LogP contribution is -2.11. The third kappa shape index (κ3) is 2.87. The first kappa shape index (κ1) is 12.9. The number of fused-ring (bicyclic) bond motifs is 1. The maximum absolute atomic E-state index is 11.7. The number of hydrogen-bond donors (Lipinski definition) is 0. The van der Waals surface area contributed by atoms with Crippen LogP contribution in [-0.2, 0) is 12.8 Å². The maximum Gasteiger partial charge on any atom is 0.163 e. The molecule has 2 aromatic rings. The quantitative estimate of drug-likeness (QED) is 0.853. The van der Waals surface area contributed by atoms with Crippen LogP contribution < -0.4 is 4.74 Å². The summed E-state index contributed by atoms with van der Waals surface area (Å²) in [6.45, 7) is 0.636. The van der Waals surface area contributed by atoms with Crippen LogP contribution in [0.1, 0.15) is 34.3 Å². The standard InChI is InChI=1S/C17H17NO2/c19-17-3-1-2-14-12-15(4-5-16(14)17)20-11-8-13-6-9-18-10-7-13/h4-7,9-10,12H,1-3,8,11H2. The van der Waals surface area contributed by atoms with Gasteiger partial charge in [-0.2, -0.15) is 0 Å². The third-order valence-corrected chi connectivity index (χ3v) is 3.64. The molecule has 3 heteroatoms. The van der Waals surface area contributed by atoms with Crippen molar-refractivity contribution in [3.63, 3.8) is 0 Å². The van der Waals surface area contributed by atoms with Gasteiger partial charge in [0.15, 0.2) is 5.78 Å². The highest BCUT2D eigenvalue weighted by atomic mass is 16.5. The Kier molecular flexibility index (Phi) is 3.77. The zero-order valence-corrected chi connectivity index (χ0v) is 11.3. The SMILES string of the molecule is O=C1CCCc2cc(OCCc3ccncc3)ccc21. The minimum atomic E-state index is 0.259. The van der Waals surface area contributed by atoms with Crippen molar-refractivity contribution < 1.29 is 9.53 Å². The Morgan fingerprint density at radius 1 is 1.10 bits per heavy atom. The first-order valence-electron chi connectivity index (χ1n) is 7.01. The minimum absolute atomic E-state index is 0.259. The van der Waals surface area contributed by atoms with E-state index in [1.165, 1.54) is 5.56 Å². The molecule has 1 aliphatic carbocycles. The number of aryl methyl sites for hydroxylation is 1. The Bertz CT molecular complexity index is 608. The molecule has 1 aromatic carbocycles. The van der Waals surface area contributed by atoms with Gasteiger partial charge in [0.25, 0.3) is 0 Å². The summed E-state index contributed by atoms with van der Waals surface area (Å²) in [5.41, 5.74) is 3.22. The van der Waals surface area contributed by atoms with Gasteiger partial charge in [-0.1, -0.05) is 0 Å². The molecule has 0 saturated carbocycles. The fraction of sp³-hybridized carbons (Fsp3) is 0.294. The number of pyridine rings is 1. The van der Waals surface area contributed by atoms with Crippen molar-refractivity contribution in [3.05, 3.63) is 59.4 Å². The molecular formula is C17H17NO2. The van der Waals surface area contributed by atoms with Crippen molar-refractivity contribution in [2.75, 3.05) is 6.61 Å². The van der Waals surface area contributed by atoms with Crippen LogP contribution in [0.2, 0.25) is 0 Å². The largest absolute Gasteiger partial charge is 0.493 e. The van der Waals surface area contributed by atoms with Crippen LogP contribution in [0, 0.1) is 0 Å². The molecule has 1 aromatic heterocycles. The Labute approximate surface area is 118 Å². The third-order valence-electron chi connectivity index (χ3n) is 3.64. The number of rotatable bonds is 4. The van der Waals surface area contributed by atoms with E-state index in [0.717, 1.165) is 36.1 Å². The molecule has 1 heterocycles. The number of aromatic nitrogens is 1. The second-order valence-electron chi connectivity index (χ2n) is 5.05. The van der Waals surface area contributed by atoms with Gasteiger partial charge in [-0.15, -0.1) is 0 Å². The van der Waals surface area contributed by atoms with Gasteiger partial charge >= 0.3 is 0 Å². The normalized spacial score (nSPS) is 13.9. The van der Waals surface area contributed by atoms with Gasteiger partial charge in [0.05, 0.1) is 6.61 Å². The fourth-order valence-electron chi connectivity index (χ4n) is 2.55. The lowest BCUT2D eigenvalue weighted by molar-refractivity contribution is 0.0972. The van der Waals surface area contributed by atoms with Gasteiger partial charge < -0.3 is 4.74 Å². The molecule has 0 atom stereocenters. The summed E-state index contributed by atoms with van der Waals surface area (Å²) >= 11 is 0. The van der Waals surface area contributed by atoms with Crippen LogP contribution in [0.4, 0.5) is 0 Å². The van der Waals surface area contributed by atoms with E-state index in [-0.39, 0.29) is 5.78 Å². The Balaban J connectivity index is 1.62. The predicted molar refractivity (Wildman–Crippen MR) is 77.1 cm³/mol. The second-order valence-corrected chi connectivity index (χ2v) is 5.05. The topological polar surface area (TPSA) is 39.2 Å². The lowest BCUT2D eigenvalue weighted by atomic mass is 9.90. The summed E-state index contributed by atoms with van der Waals surface area (Å²) in [6.07, 6.45) is 7.04. The second kappa shape index (κ2) is 5.87. The number of ketones is 1. The molecule has 0 fully saturated rings. The van der Waals surface area contributed by atoms with Crippen molar-refractivity contribution >= 4 is 5.78 Å². The van der Waals surface area contributed by atoms with Crippen molar-refractivity contribution in [2.24, 2.45) is 0 Å². The molecule has 20 heavy (non-hydrogen) atoms. The van der Waals surface area contributed by atoms with Crippen molar-refractivity contribution in [1.29, 1.82) is 0 Å². The summed E-state index contributed by atoms with van der Waals surface area (Å²) < 4.78 is 5.78. The number of benzene rings is 1. The molecule has 1 aliphatic rings. The first-order valence-corrected chi connectivity index (χ1v) is 7.01. The van der Waals surface area contributed by atoms with Gasteiger partial charge in [0.1, 0.15) is 5.75 Å². The van der Waals surface area contributed by atoms with Gasteiger partial charge in [0, 0.05) is 30.8 Å². The van der Waals surface area contributed by atoms with Gasteiger partial charge in [-0.05, 0) is 54.3 Å². The average Bonchev–Trinajstić information content (AvgIpc) is 2.48. The monoisotopic (exact) mass is 267 g/mol. The molecule has 0 aliphatic heterocycles. The highest BCUT2D eigenvalue weighted by molar-refractivity contribution is 5.98. The van der Waals surface area contributed by atoms with Gasteiger partial charge in [-0.3, -0.25) is 9.78 Å². The first-order chi connectivity index (χ1) is 9.83. The van der Waals surface area contributed by atoms with E-state index in [1.807, 2.05) is 30.3 Å². The molecule has 0 N–H and O–H groups in total. The van der Waals surface area contributed by atoms with E-state index in [1.54, 1.807) is 12.4 Å². The minimum Gasteiger partial charge on any atom is -0.493 e. The summed E-state index contributed by atoms with van der Waals surface area (Å²) in [7, 11) is 0. The van der Waals surface area contributed by atoms with Crippen LogP contribution in [0.3, 0.4) is 0 Å². The van der Waals surface area contributed by atoms with Crippen LogP contribution in [0.15, 0.2) is 42.7 Å². The number of hydrogen-bond acceptors (Lipinski definition) is 3. The number of carbonyl (C=O) groups excluding carboxylic acids is 1. The summed E-state index contributed by atoms with van der Waals surface area (Å²) in [5.74, 6) is 1.11. The zero-order valence-electron chi connectivity index (χ0n) is 11.3. The molecule has 3 rings (SSSR count). The molecule has 0 saturated heterocycles. The highest BCUT2D eigenvalue weighted by Gasteiger charge is 2.17. The van der Waals surface area contributed by atoms with Crippen LogP contribution >= 0.6 is 0 Å². The van der Waals surface area contributed by atoms with E-state index in [0.29, 0.717) is 13.0 Å². The number of ether oxygens (including phenoxy) is 1. The molecule has 0 bridgehead atoms. The van der Waals surface area contributed by atoms with Crippen molar-refractivity contribution in [2.45, 2.75) is 25.7 Å². The number of carbonyl (C=O) groups is 1. The Morgan fingerprint density at radius 2 is 1.95 bits per heavy atom. The number of Topliss-reactive ketones (excluding diaryl/α,β-unsaturated/α-hetero) is 1. The molecule has 0 radical (unpaired) electrons. The average molecular weight is 267 g/mol. The smallest absolute Gasteiger partial charge is 0.163 e. The predicted octanol–water partition coefficient (Wildman–Crippen LogP) is 3.22. The molecule has 0 unspecified atom stereocenters. The summed E-state index contributed by atoms with van der Waals surface area (Å²) in [4.78, 5) is 15.7. The molecule has 0 spiro atoms. The Hall–Kier alpha value is -2.16. The summed E-state index contributed by atoms with van der Waals surface area (Å²) in [5, 5.41) is 0. The zero-order chi connectivity index (χ0) is 13.8. The van der Waals surface area contributed by atoms with Gasteiger partial charge in [0.2, 0.25) is 0 Å². The van der Waals surface area contributed by atoms with E-state index in [4.69, 9.17) is 4.74 Å². The lowest BCUT2D eigenvalue weighted by Gasteiger charge is -2.16. The van der Waals surface area contributed by atoms with E-state index >= 15 is 0 Å². The number of nitrogens with zero attached hydrogens (tertiary/aromatic N) is 1. The van der Waals surface area contributed by atoms with E-state index in [9.17, 15) is 4.79 Å². The summed E-state index contributed by atoms with van der Waals surface area (Å²) in [6, 6.07) is 9.80.